The van der Waals surface area contributed by atoms with E-state index in [9.17, 15) is 13.2 Å². The molecular formula is C24H29F4N7S. The number of nitrogens with two attached hydrogens (primary N) is 1. The van der Waals surface area contributed by atoms with Crippen LogP contribution < -0.4 is 25.9 Å². The van der Waals surface area contributed by atoms with Gasteiger partial charge in [-0.3, -0.25) is 5.43 Å². The number of anilines is 3. The van der Waals surface area contributed by atoms with Crippen LogP contribution in [0.3, 0.4) is 0 Å². The summed E-state index contributed by atoms with van der Waals surface area (Å²) in [6.45, 7) is 5.24. The minimum atomic E-state index is -4.39. The Labute approximate surface area is 213 Å². The van der Waals surface area contributed by atoms with E-state index in [0.29, 0.717) is 43.1 Å². The number of hydrazone groups is 1. The molecule has 0 bridgehead atoms. The Kier molecular flexibility index (Phi) is 7.84. The number of nitrogens with one attached hydrogen (secondary N) is 1. The second-order valence-corrected chi connectivity index (χ2v) is 9.35. The Morgan fingerprint density at radius 2 is 1.56 bits per heavy atom. The first kappa shape index (κ1) is 26.0. The van der Waals surface area contributed by atoms with Gasteiger partial charge in [0.1, 0.15) is 5.82 Å². The molecule has 12 heteroatoms. The van der Waals surface area contributed by atoms with Crippen molar-refractivity contribution in [3.63, 3.8) is 0 Å². The van der Waals surface area contributed by atoms with Crippen molar-refractivity contribution in [1.29, 1.82) is 0 Å². The van der Waals surface area contributed by atoms with Crippen LogP contribution in [0.5, 0.6) is 0 Å². The van der Waals surface area contributed by atoms with Crippen molar-refractivity contribution in [2.24, 2.45) is 10.8 Å². The molecule has 0 radical (unpaired) electrons. The van der Waals surface area contributed by atoms with E-state index in [1.165, 1.54) is 18.3 Å². The maximum atomic E-state index is 15.3. The lowest BCUT2D eigenvalue weighted by atomic mass is 10.1. The Morgan fingerprint density at radius 3 is 2.19 bits per heavy atom. The average molecular weight is 524 g/mol. The molecule has 3 N–H and O–H groups in total. The van der Waals surface area contributed by atoms with Gasteiger partial charge in [0.25, 0.3) is 0 Å². The van der Waals surface area contributed by atoms with Crippen molar-refractivity contribution in [2.75, 3.05) is 74.1 Å². The van der Waals surface area contributed by atoms with Gasteiger partial charge < -0.3 is 25.3 Å². The van der Waals surface area contributed by atoms with Gasteiger partial charge >= 0.3 is 6.18 Å². The average Bonchev–Trinajstić information content (AvgIpc) is 2.84. The Hall–Kier alpha value is -3.12. The van der Waals surface area contributed by atoms with Crippen LogP contribution in [0.15, 0.2) is 41.5 Å². The number of nitrogens with zero attached hydrogens (tertiary/aromatic N) is 5. The molecule has 0 atom stereocenters. The van der Waals surface area contributed by atoms with Crippen LogP contribution in [0.25, 0.3) is 0 Å². The zero-order valence-corrected chi connectivity index (χ0v) is 20.7. The molecule has 0 aliphatic carbocycles. The molecule has 2 saturated heterocycles. The third kappa shape index (κ3) is 6.16. The fourth-order valence-electron chi connectivity index (χ4n) is 4.48. The summed E-state index contributed by atoms with van der Waals surface area (Å²) in [6.07, 6.45) is -2.89. The van der Waals surface area contributed by atoms with Crippen LogP contribution in [0.4, 0.5) is 34.6 Å². The maximum absolute atomic E-state index is 15.3. The summed E-state index contributed by atoms with van der Waals surface area (Å²) >= 11 is 4.78. The SMILES string of the molecule is CN1CCN(c2cc(N3CCN(c4cccc(C(F)(F)F)c4)CC3)c(F)cc2/C=N/NC(N)=S)CC1. The van der Waals surface area contributed by atoms with Gasteiger partial charge in [0.05, 0.1) is 17.5 Å². The Balaban J connectivity index is 1.54. The number of halogens is 4. The number of hydrogen-bond acceptors (Lipinski definition) is 6. The minimum Gasteiger partial charge on any atom is -0.375 e. The van der Waals surface area contributed by atoms with Crippen LogP contribution in [-0.2, 0) is 6.18 Å². The van der Waals surface area contributed by atoms with E-state index < -0.39 is 17.6 Å². The largest absolute Gasteiger partial charge is 0.416 e. The van der Waals surface area contributed by atoms with Crippen molar-refractivity contribution in [3.8, 4) is 0 Å². The molecular weight excluding hydrogens is 494 g/mol. The van der Waals surface area contributed by atoms with Gasteiger partial charge in [0, 0.05) is 69.3 Å². The van der Waals surface area contributed by atoms with E-state index in [1.54, 1.807) is 6.07 Å². The highest BCUT2D eigenvalue weighted by Crippen LogP contribution is 2.33. The first-order chi connectivity index (χ1) is 17.1. The second kappa shape index (κ2) is 10.9. The lowest BCUT2D eigenvalue weighted by molar-refractivity contribution is -0.137. The van der Waals surface area contributed by atoms with E-state index in [0.717, 1.165) is 44.0 Å². The quantitative estimate of drug-likeness (QED) is 0.270. The third-order valence-electron chi connectivity index (χ3n) is 6.48. The van der Waals surface area contributed by atoms with E-state index in [-0.39, 0.29) is 5.11 Å². The summed E-state index contributed by atoms with van der Waals surface area (Å²) < 4.78 is 54.7. The van der Waals surface area contributed by atoms with E-state index in [4.69, 9.17) is 18.0 Å². The van der Waals surface area contributed by atoms with Gasteiger partial charge in [0.2, 0.25) is 0 Å². The zero-order valence-electron chi connectivity index (χ0n) is 19.9. The monoisotopic (exact) mass is 523 g/mol. The van der Waals surface area contributed by atoms with Crippen molar-refractivity contribution in [1.82, 2.24) is 10.3 Å². The van der Waals surface area contributed by atoms with Crippen molar-refractivity contribution in [2.45, 2.75) is 6.18 Å². The molecule has 2 aliphatic rings. The number of alkyl halides is 3. The number of rotatable bonds is 5. The van der Waals surface area contributed by atoms with Gasteiger partial charge in [0.15, 0.2) is 5.11 Å². The van der Waals surface area contributed by atoms with Crippen LogP contribution in [0.2, 0.25) is 0 Å². The lowest BCUT2D eigenvalue weighted by Crippen LogP contribution is -2.47. The summed E-state index contributed by atoms with van der Waals surface area (Å²) in [6, 6.07) is 8.61. The lowest BCUT2D eigenvalue weighted by Gasteiger charge is -2.39. The van der Waals surface area contributed by atoms with Crippen molar-refractivity contribution >= 4 is 40.6 Å². The van der Waals surface area contributed by atoms with Crippen LogP contribution in [0.1, 0.15) is 11.1 Å². The smallest absolute Gasteiger partial charge is 0.375 e. The van der Waals surface area contributed by atoms with Gasteiger partial charge in [-0.15, -0.1) is 0 Å². The van der Waals surface area contributed by atoms with Gasteiger partial charge in [-0.05, 0) is 49.6 Å². The van der Waals surface area contributed by atoms with Gasteiger partial charge in [-0.25, -0.2) is 4.39 Å². The molecule has 194 valence electrons. The molecule has 0 unspecified atom stereocenters. The summed E-state index contributed by atoms with van der Waals surface area (Å²) in [5.74, 6) is -0.392. The Morgan fingerprint density at radius 1 is 0.944 bits per heavy atom. The molecule has 0 amide bonds. The second-order valence-electron chi connectivity index (χ2n) is 8.91. The fourth-order valence-corrected chi connectivity index (χ4v) is 4.54. The predicted octanol–water partition coefficient (Wildman–Crippen LogP) is 3.09. The van der Waals surface area contributed by atoms with Crippen molar-refractivity contribution < 1.29 is 17.6 Å². The minimum absolute atomic E-state index is 0.0168. The number of benzene rings is 2. The summed E-state index contributed by atoms with van der Waals surface area (Å²) in [4.78, 5) is 8.26. The third-order valence-corrected chi connectivity index (χ3v) is 6.57. The van der Waals surface area contributed by atoms with Crippen LogP contribution in [0, 0.1) is 5.82 Å². The van der Waals surface area contributed by atoms with Crippen LogP contribution in [-0.4, -0.2) is 75.6 Å². The first-order valence-corrected chi connectivity index (χ1v) is 12.1. The summed E-state index contributed by atoms with van der Waals surface area (Å²) in [5.41, 5.74) is 9.71. The molecule has 2 heterocycles. The van der Waals surface area contributed by atoms with Crippen molar-refractivity contribution in [3.05, 3.63) is 53.3 Å². The normalized spacial score (nSPS) is 17.6. The molecule has 2 aromatic rings. The number of likely N-dealkylation sites (N-methyl/N-ethyl adjacent to an activating group) is 1. The standard InChI is InChI=1S/C24H29F4N7S/c1-32-5-7-34(8-6-32)21-15-22(20(25)13-17(21)16-30-31-23(29)36)35-11-9-33(10-12-35)19-4-2-3-18(14-19)24(26,27)28/h2-4,13-16H,5-12H2,1H3,(H3,29,31,36)/b30-16+. The highest BCUT2D eigenvalue weighted by atomic mass is 32.1. The molecule has 0 aromatic heterocycles. The van der Waals surface area contributed by atoms with E-state index >= 15 is 4.39 Å². The molecule has 2 aliphatic heterocycles. The number of hydrogen-bond donors (Lipinski definition) is 2. The first-order valence-electron chi connectivity index (χ1n) is 11.6. The zero-order chi connectivity index (χ0) is 25.9. The highest BCUT2D eigenvalue weighted by molar-refractivity contribution is 7.80. The molecule has 0 spiro atoms. The van der Waals surface area contributed by atoms with E-state index in [1.807, 2.05) is 15.9 Å². The topological polar surface area (TPSA) is 63.4 Å². The molecule has 7 nitrogen and oxygen atoms in total. The van der Waals surface area contributed by atoms with Gasteiger partial charge in [-0.2, -0.15) is 18.3 Å². The van der Waals surface area contributed by atoms with Crippen LogP contribution >= 0.6 is 12.2 Å². The summed E-state index contributed by atoms with van der Waals surface area (Å²) in [7, 11) is 2.06. The Bertz CT molecular complexity index is 1110. The van der Waals surface area contributed by atoms with E-state index in [2.05, 4.69) is 27.4 Å². The molecule has 36 heavy (non-hydrogen) atoms. The fraction of sp³-hybridized carbons (Fsp3) is 0.417. The predicted molar refractivity (Wildman–Crippen MR) is 139 cm³/mol. The molecule has 2 fully saturated rings. The number of thiocarbonyl (C=S) groups is 1. The molecule has 0 saturated carbocycles. The molecule has 4 rings (SSSR count). The van der Waals surface area contributed by atoms with Gasteiger partial charge in [-0.1, -0.05) is 6.07 Å². The number of piperazine rings is 2. The molecule has 2 aromatic carbocycles. The highest BCUT2D eigenvalue weighted by Gasteiger charge is 2.31. The summed E-state index contributed by atoms with van der Waals surface area (Å²) in [5, 5.41) is 4.03. The maximum Gasteiger partial charge on any atom is 0.416 e.